The smallest absolute Gasteiger partial charge is 0.0327 e. The molecular formula is C10H15BrN2S. The van der Waals surface area contributed by atoms with Crippen LogP contribution in [-0.4, -0.2) is 24.0 Å². The minimum absolute atomic E-state index is 0.376. The summed E-state index contributed by atoms with van der Waals surface area (Å²) < 4.78 is 1.24. The van der Waals surface area contributed by atoms with Crippen LogP contribution in [-0.2, 0) is 6.54 Å². The summed E-state index contributed by atoms with van der Waals surface area (Å²) in [7, 11) is 0. The summed E-state index contributed by atoms with van der Waals surface area (Å²) in [6.45, 7) is 3.27. The quantitative estimate of drug-likeness (QED) is 0.898. The van der Waals surface area contributed by atoms with E-state index in [1.54, 1.807) is 11.3 Å². The van der Waals surface area contributed by atoms with Crippen molar-refractivity contribution in [3.05, 3.63) is 20.8 Å². The molecule has 0 aliphatic carbocycles. The highest BCUT2D eigenvalue weighted by Crippen LogP contribution is 2.23. The number of hydrogen-bond donors (Lipinski definition) is 1. The van der Waals surface area contributed by atoms with Crippen molar-refractivity contribution in [3.63, 3.8) is 0 Å². The van der Waals surface area contributed by atoms with E-state index in [-0.39, 0.29) is 0 Å². The van der Waals surface area contributed by atoms with Crippen LogP contribution in [0.4, 0.5) is 0 Å². The average Bonchev–Trinajstić information content (AvgIpc) is 2.52. The molecule has 0 spiro atoms. The molecule has 78 valence electrons. The lowest BCUT2D eigenvalue weighted by atomic mass is 10.1. The molecular weight excluding hydrogens is 260 g/mol. The van der Waals surface area contributed by atoms with Crippen LogP contribution in [0.2, 0.25) is 0 Å². The van der Waals surface area contributed by atoms with Crippen molar-refractivity contribution in [2.45, 2.75) is 25.4 Å². The van der Waals surface area contributed by atoms with Crippen molar-refractivity contribution in [2.24, 2.45) is 5.73 Å². The summed E-state index contributed by atoms with van der Waals surface area (Å²) in [6.07, 6.45) is 2.42. The number of rotatable bonds is 2. The van der Waals surface area contributed by atoms with E-state index in [2.05, 4.69) is 31.6 Å². The highest BCUT2D eigenvalue weighted by molar-refractivity contribution is 9.10. The molecule has 1 unspecified atom stereocenters. The second kappa shape index (κ2) is 4.75. The largest absolute Gasteiger partial charge is 0.327 e. The predicted molar refractivity (Wildman–Crippen MR) is 64.5 cm³/mol. The van der Waals surface area contributed by atoms with Gasteiger partial charge in [0.2, 0.25) is 0 Å². The number of nitrogens with two attached hydrogens (primary N) is 1. The van der Waals surface area contributed by atoms with Gasteiger partial charge in [0.1, 0.15) is 0 Å². The first-order valence-corrected chi connectivity index (χ1v) is 6.68. The number of halogens is 1. The number of likely N-dealkylation sites (tertiary alicyclic amines) is 1. The lowest BCUT2D eigenvalue weighted by molar-refractivity contribution is 0.201. The van der Waals surface area contributed by atoms with Crippen LogP contribution >= 0.6 is 27.3 Å². The summed E-state index contributed by atoms with van der Waals surface area (Å²) in [6, 6.07) is 0.376. The first kappa shape index (κ1) is 10.6. The second-order valence-electron chi connectivity index (χ2n) is 3.88. The molecule has 4 heteroatoms. The van der Waals surface area contributed by atoms with E-state index in [0.717, 1.165) is 13.1 Å². The molecule has 0 radical (unpaired) electrons. The van der Waals surface area contributed by atoms with Gasteiger partial charge in [-0.15, -0.1) is 0 Å². The van der Waals surface area contributed by atoms with E-state index in [1.807, 2.05) is 0 Å². The van der Waals surface area contributed by atoms with Gasteiger partial charge in [0.15, 0.2) is 0 Å². The van der Waals surface area contributed by atoms with Crippen LogP contribution < -0.4 is 5.73 Å². The third-order valence-electron chi connectivity index (χ3n) is 2.62. The molecule has 14 heavy (non-hydrogen) atoms. The Morgan fingerprint density at radius 2 is 2.43 bits per heavy atom. The van der Waals surface area contributed by atoms with Crippen molar-refractivity contribution in [2.75, 3.05) is 13.1 Å². The molecule has 1 aromatic rings. The second-order valence-corrected chi connectivity index (χ2v) is 5.48. The third kappa shape index (κ3) is 2.57. The molecule has 1 aromatic heterocycles. The molecule has 0 bridgehead atoms. The van der Waals surface area contributed by atoms with Gasteiger partial charge in [-0.3, -0.25) is 4.90 Å². The zero-order valence-electron chi connectivity index (χ0n) is 8.08. The van der Waals surface area contributed by atoms with Crippen molar-refractivity contribution in [1.29, 1.82) is 0 Å². The Kier molecular flexibility index (Phi) is 3.60. The van der Waals surface area contributed by atoms with Crippen molar-refractivity contribution in [3.8, 4) is 0 Å². The minimum Gasteiger partial charge on any atom is -0.327 e. The van der Waals surface area contributed by atoms with Crippen LogP contribution in [0, 0.1) is 0 Å². The van der Waals surface area contributed by atoms with Gasteiger partial charge in [0.25, 0.3) is 0 Å². The zero-order chi connectivity index (χ0) is 9.97. The van der Waals surface area contributed by atoms with Crippen molar-refractivity contribution >= 4 is 27.3 Å². The molecule has 0 saturated carbocycles. The molecule has 1 aliphatic rings. The van der Waals surface area contributed by atoms with Gasteiger partial charge in [0.05, 0.1) is 0 Å². The Bertz CT molecular complexity index is 300. The maximum atomic E-state index is 5.94. The van der Waals surface area contributed by atoms with Gasteiger partial charge in [-0.05, 0) is 46.3 Å². The fourth-order valence-electron chi connectivity index (χ4n) is 1.90. The van der Waals surface area contributed by atoms with Gasteiger partial charge in [-0.25, -0.2) is 0 Å². The van der Waals surface area contributed by atoms with Crippen LogP contribution in [0.1, 0.15) is 18.4 Å². The van der Waals surface area contributed by atoms with Crippen molar-refractivity contribution < 1.29 is 0 Å². The van der Waals surface area contributed by atoms with Gasteiger partial charge >= 0.3 is 0 Å². The Balaban J connectivity index is 1.94. The normalized spacial score (nSPS) is 24.0. The molecule has 1 atom stereocenters. The summed E-state index contributed by atoms with van der Waals surface area (Å²) in [4.78, 5) is 2.45. The number of nitrogens with zero attached hydrogens (tertiary/aromatic N) is 1. The van der Waals surface area contributed by atoms with E-state index >= 15 is 0 Å². The third-order valence-corrected chi connectivity index (χ3v) is 4.46. The predicted octanol–water partition coefficient (Wildman–Crippen LogP) is 2.43. The maximum Gasteiger partial charge on any atom is 0.0327 e. The molecule has 2 heterocycles. The van der Waals surface area contributed by atoms with Crippen LogP contribution in [0.3, 0.4) is 0 Å². The van der Waals surface area contributed by atoms with Crippen molar-refractivity contribution in [1.82, 2.24) is 4.90 Å². The molecule has 1 aliphatic heterocycles. The first-order valence-electron chi connectivity index (χ1n) is 4.94. The summed E-state index contributed by atoms with van der Waals surface area (Å²) in [5.41, 5.74) is 7.33. The molecule has 2 rings (SSSR count). The Labute approximate surface area is 97.2 Å². The molecule has 2 nitrogen and oxygen atoms in total. The monoisotopic (exact) mass is 274 g/mol. The number of thiophene rings is 1. The van der Waals surface area contributed by atoms with Gasteiger partial charge in [0, 0.05) is 29.0 Å². The first-order chi connectivity index (χ1) is 6.75. The number of piperidine rings is 1. The Morgan fingerprint density at radius 1 is 1.57 bits per heavy atom. The fraction of sp³-hybridized carbons (Fsp3) is 0.600. The lowest BCUT2D eigenvalue weighted by Crippen LogP contribution is -2.42. The molecule has 0 amide bonds. The number of hydrogen-bond acceptors (Lipinski definition) is 3. The van der Waals surface area contributed by atoms with E-state index < -0.39 is 0 Å². The van der Waals surface area contributed by atoms with Crippen LogP contribution in [0.5, 0.6) is 0 Å². The van der Waals surface area contributed by atoms with E-state index in [1.165, 1.54) is 29.4 Å². The summed E-state index contributed by atoms with van der Waals surface area (Å²) in [5.74, 6) is 0. The molecule has 0 aromatic carbocycles. The Morgan fingerprint density at radius 3 is 3.07 bits per heavy atom. The summed E-state index contributed by atoms with van der Waals surface area (Å²) >= 11 is 5.31. The topological polar surface area (TPSA) is 29.3 Å². The van der Waals surface area contributed by atoms with Crippen LogP contribution in [0.15, 0.2) is 15.2 Å². The zero-order valence-corrected chi connectivity index (χ0v) is 10.5. The highest BCUT2D eigenvalue weighted by atomic mass is 79.9. The average molecular weight is 275 g/mol. The fourth-order valence-corrected chi connectivity index (χ4v) is 3.32. The minimum atomic E-state index is 0.376. The summed E-state index contributed by atoms with van der Waals surface area (Å²) in [5, 5.41) is 4.35. The molecule has 2 N–H and O–H groups in total. The highest BCUT2D eigenvalue weighted by Gasteiger charge is 2.17. The van der Waals surface area contributed by atoms with E-state index in [4.69, 9.17) is 5.73 Å². The van der Waals surface area contributed by atoms with E-state index in [0.29, 0.717) is 6.04 Å². The Hall–Kier alpha value is 0.100. The van der Waals surface area contributed by atoms with Gasteiger partial charge in [-0.2, -0.15) is 11.3 Å². The SMILES string of the molecule is NC1CCCN(Cc2cscc2Br)C1. The molecule has 1 fully saturated rings. The van der Waals surface area contributed by atoms with Gasteiger partial charge < -0.3 is 5.73 Å². The molecule has 1 saturated heterocycles. The van der Waals surface area contributed by atoms with E-state index in [9.17, 15) is 0 Å². The standard InChI is InChI=1S/C10H15BrN2S/c11-10-7-14-6-8(10)4-13-3-1-2-9(12)5-13/h6-7,9H,1-5,12H2. The lowest BCUT2D eigenvalue weighted by Gasteiger charge is -2.30. The van der Waals surface area contributed by atoms with Gasteiger partial charge in [-0.1, -0.05) is 0 Å². The van der Waals surface area contributed by atoms with Crippen LogP contribution in [0.25, 0.3) is 0 Å². The maximum absolute atomic E-state index is 5.94.